The lowest BCUT2D eigenvalue weighted by Crippen LogP contribution is -2.25. The average Bonchev–Trinajstić information content (AvgIpc) is 3.02. The van der Waals surface area contributed by atoms with Crippen molar-refractivity contribution in [3.05, 3.63) is 52.6 Å². The molecule has 3 rings (SSSR count). The van der Waals surface area contributed by atoms with Crippen molar-refractivity contribution < 1.29 is 14.6 Å². The number of aliphatic hydroxyl groups excluding tert-OH is 1. The number of fused-ring (bicyclic) bond motifs is 1. The number of aromatic nitrogens is 4. The topological polar surface area (TPSA) is 128 Å². The van der Waals surface area contributed by atoms with E-state index in [1.807, 2.05) is 30.3 Å². The molecule has 0 aliphatic rings. The Morgan fingerprint density at radius 1 is 1.32 bits per heavy atom. The zero-order valence-corrected chi connectivity index (χ0v) is 13.5. The number of rotatable bonds is 8. The van der Waals surface area contributed by atoms with E-state index >= 15 is 0 Å². The third kappa shape index (κ3) is 4.21. The van der Waals surface area contributed by atoms with Crippen molar-refractivity contribution in [2.75, 3.05) is 18.9 Å². The van der Waals surface area contributed by atoms with Crippen LogP contribution >= 0.6 is 0 Å². The van der Waals surface area contributed by atoms with Gasteiger partial charge in [0.15, 0.2) is 11.2 Å². The number of hydrogen-bond acceptors (Lipinski definition) is 7. The number of benzene rings is 1. The van der Waals surface area contributed by atoms with Crippen LogP contribution in [0, 0.1) is 0 Å². The van der Waals surface area contributed by atoms with E-state index in [9.17, 15) is 9.90 Å². The fraction of sp³-hybridized carbons (Fsp3) is 0.312. The molecule has 2 aromatic heterocycles. The molecule has 25 heavy (non-hydrogen) atoms. The van der Waals surface area contributed by atoms with Gasteiger partial charge in [-0.05, 0) is 5.56 Å². The van der Waals surface area contributed by atoms with Gasteiger partial charge in [-0.15, -0.1) is 0 Å². The highest BCUT2D eigenvalue weighted by Crippen LogP contribution is 2.08. The molecule has 0 fully saturated rings. The zero-order valence-electron chi connectivity index (χ0n) is 13.5. The Morgan fingerprint density at radius 3 is 2.88 bits per heavy atom. The van der Waals surface area contributed by atoms with Crippen molar-refractivity contribution in [2.24, 2.45) is 0 Å². The van der Waals surface area contributed by atoms with E-state index in [-0.39, 0.29) is 37.1 Å². The van der Waals surface area contributed by atoms with Gasteiger partial charge in [-0.2, -0.15) is 4.98 Å². The zero-order chi connectivity index (χ0) is 17.6. The van der Waals surface area contributed by atoms with E-state index in [4.69, 9.17) is 15.2 Å². The molecule has 0 spiro atoms. The first-order valence-electron chi connectivity index (χ1n) is 7.72. The number of aromatic amines is 1. The summed E-state index contributed by atoms with van der Waals surface area (Å²) in [4.78, 5) is 22.3. The number of anilines is 1. The number of nitrogens with one attached hydrogen (secondary N) is 1. The molecule has 1 aromatic carbocycles. The first-order chi connectivity index (χ1) is 12.2. The van der Waals surface area contributed by atoms with Gasteiger partial charge in [0.2, 0.25) is 5.95 Å². The molecule has 2 heterocycles. The Hall–Kier alpha value is -2.75. The molecule has 0 aliphatic carbocycles. The Balaban J connectivity index is 1.57. The van der Waals surface area contributed by atoms with Gasteiger partial charge in [-0.3, -0.25) is 9.78 Å². The molecule has 9 nitrogen and oxygen atoms in total. The lowest BCUT2D eigenvalue weighted by Gasteiger charge is -2.16. The molecule has 0 saturated carbocycles. The van der Waals surface area contributed by atoms with Crippen LogP contribution in [-0.2, 0) is 22.8 Å². The largest absolute Gasteiger partial charge is 0.394 e. The van der Waals surface area contributed by atoms with Crippen LogP contribution in [0.3, 0.4) is 0 Å². The second-order valence-corrected chi connectivity index (χ2v) is 5.44. The minimum absolute atomic E-state index is 0.00575. The first-order valence-corrected chi connectivity index (χ1v) is 7.72. The summed E-state index contributed by atoms with van der Waals surface area (Å²) in [5, 5.41) is 9.43. The number of H-pyrrole nitrogens is 1. The second-order valence-electron chi connectivity index (χ2n) is 5.44. The van der Waals surface area contributed by atoms with E-state index in [2.05, 4.69) is 15.0 Å². The third-order valence-corrected chi connectivity index (χ3v) is 3.57. The van der Waals surface area contributed by atoms with Gasteiger partial charge in [0.05, 0.1) is 26.1 Å². The number of ether oxygens (including phenoxy) is 2. The van der Waals surface area contributed by atoms with E-state index in [0.717, 1.165) is 5.56 Å². The van der Waals surface area contributed by atoms with Crippen molar-refractivity contribution in [1.82, 2.24) is 19.5 Å². The SMILES string of the molecule is Nc1nc2ncn(COC(CO)COCc3ccccc3)c2c(=O)[nH]1. The average molecular weight is 345 g/mol. The van der Waals surface area contributed by atoms with Crippen molar-refractivity contribution in [3.63, 3.8) is 0 Å². The summed E-state index contributed by atoms with van der Waals surface area (Å²) in [6.45, 7) is 0.477. The molecular weight excluding hydrogens is 326 g/mol. The second kappa shape index (κ2) is 7.88. The number of imidazole rings is 1. The van der Waals surface area contributed by atoms with Crippen molar-refractivity contribution in [2.45, 2.75) is 19.4 Å². The van der Waals surface area contributed by atoms with Crippen LogP contribution in [0.2, 0.25) is 0 Å². The van der Waals surface area contributed by atoms with Gasteiger partial charge in [0, 0.05) is 0 Å². The summed E-state index contributed by atoms with van der Waals surface area (Å²) in [5.74, 6) is 0.00575. The molecule has 0 aliphatic heterocycles. The van der Waals surface area contributed by atoms with E-state index in [0.29, 0.717) is 6.61 Å². The lowest BCUT2D eigenvalue weighted by molar-refractivity contribution is -0.0696. The third-order valence-electron chi connectivity index (χ3n) is 3.57. The molecular formula is C16H19N5O4. The van der Waals surface area contributed by atoms with E-state index < -0.39 is 11.7 Å². The first kappa shape index (κ1) is 17.1. The van der Waals surface area contributed by atoms with Gasteiger partial charge in [-0.25, -0.2) is 4.98 Å². The molecule has 4 N–H and O–H groups in total. The number of nitrogen functional groups attached to an aromatic ring is 1. The summed E-state index contributed by atoms with van der Waals surface area (Å²) < 4.78 is 12.7. The van der Waals surface area contributed by atoms with E-state index in [1.165, 1.54) is 10.9 Å². The summed E-state index contributed by atoms with van der Waals surface area (Å²) in [7, 11) is 0. The maximum Gasteiger partial charge on any atom is 0.278 e. The molecule has 132 valence electrons. The predicted molar refractivity (Wildman–Crippen MR) is 90.6 cm³/mol. The highest BCUT2D eigenvalue weighted by molar-refractivity contribution is 5.70. The van der Waals surface area contributed by atoms with Crippen LogP contribution < -0.4 is 11.3 Å². The van der Waals surface area contributed by atoms with E-state index in [1.54, 1.807) is 0 Å². The molecule has 3 aromatic rings. The highest BCUT2D eigenvalue weighted by atomic mass is 16.5. The number of nitrogens with two attached hydrogens (primary N) is 1. The van der Waals surface area contributed by atoms with Crippen molar-refractivity contribution in [1.29, 1.82) is 0 Å². The molecule has 0 saturated heterocycles. The van der Waals surface area contributed by atoms with Gasteiger partial charge in [0.1, 0.15) is 12.8 Å². The fourth-order valence-electron chi connectivity index (χ4n) is 2.32. The van der Waals surface area contributed by atoms with Crippen LogP contribution in [-0.4, -0.2) is 43.9 Å². The summed E-state index contributed by atoms with van der Waals surface area (Å²) in [6.07, 6.45) is 0.910. The van der Waals surface area contributed by atoms with Crippen molar-refractivity contribution in [3.8, 4) is 0 Å². The summed E-state index contributed by atoms with van der Waals surface area (Å²) in [6, 6.07) is 9.71. The minimum Gasteiger partial charge on any atom is -0.394 e. The molecule has 1 atom stereocenters. The monoisotopic (exact) mass is 345 g/mol. The molecule has 9 heteroatoms. The van der Waals surface area contributed by atoms with Crippen LogP contribution in [0.5, 0.6) is 0 Å². The maximum absolute atomic E-state index is 12.0. The van der Waals surface area contributed by atoms with Gasteiger partial charge < -0.3 is 24.9 Å². The Bertz CT molecular complexity index is 877. The van der Waals surface area contributed by atoms with Crippen LogP contribution in [0.4, 0.5) is 5.95 Å². The molecule has 1 unspecified atom stereocenters. The Labute approximate surface area is 143 Å². The normalized spacial score (nSPS) is 12.5. The maximum atomic E-state index is 12.0. The smallest absolute Gasteiger partial charge is 0.278 e. The highest BCUT2D eigenvalue weighted by Gasteiger charge is 2.13. The molecule has 0 bridgehead atoms. The number of hydrogen-bond donors (Lipinski definition) is 3. The fourth-order valence-corrected chi connectivity index (χ4v) is 2.32. The summed E-state index contributed by atoms with van der Waals surface area (Å²) in [5.41, 5.74) is 6.62. The quantitative estimate of drug-likeness (QED) is 0.534. The van der Waals surface area contributed by atoms with Gasteiger partial charge in [-0.1, -0.05) is 30.3 Å². The van der Waals surface area contributed by atoms with Gasteiger partial charge in [0.25, 0.3) is 5.56 Å². The molecule has 0 amide bonds. The number of nitrogens with zero attached hydrogens (tertiary/aromatic N) is 3. The molecule has 0 radical (unpaired) electrons. The Kier molecular flexibility index (Phi) is 5.39. The predicted octanol–water partition coefficient (Wildman–Crippen LogP) is 0.254. The van der Waals surface area contributed by atoms with Crippen LogP contribution in [0.25, 0.3) is 11.2 Å². The van der Waals surface area contributed by atoms with Crippen molar-refractivity contribution >= 4 is 17.1 Å². The van der Waals surface area contributed by atoms with Crippen LogP contribution in [0.1, 0.15) is 5.56 Å². The lowest BCUT2D eigenvalue weighted by atomic mass is 10.2. The summed E-state index contributed by atoms with van der Waals surface area (Å²) >= 11 is 0. The number of aliphatic hydroxyl groups is 1. The van der Waals surface area contributed by atoms with Gasteiger partial charge >= 0.3 is 0 Å². The van der Waals surface area contributed by atoms with Crippen LogP contribution in [0.15, 0.2) is 41.5 Å². The Morgan fingerprint density at radius 2 is 2.12 bits per heavy atom. The minimum atomic E-state index is -0.526. The standard InChI is InChI=1S/C16H19N5O4/c17-16-19-14-13(15(23)20-16)21(9-18-14)10-25-12(6-22)8-24-7-11-4-2-1-3-5-11/h1-5,9,12,22H,6-8,10H2,(H3,17,19,20,23).